The molecule has 3 aromatic rings. The number of nitrogens with one attached hydrogen (secondary N) is 1. The van der Waals surface area contributed by atoms with Crippen LogP contribution in [0.5, 0.6) is 0 Å². The summed E-state index contributed by atoms with van der Waals surface area (Å²) in [5, 5.41) is 3.89. The van der Waals surface area contributed by atoms with E-state index in [1.54, 1.807) is 37.3 Å². The van der Waals surface area contributed by atoms with Crippen LogP contribution in [0.1, 0.15) is 30.0 Å². The topological polar surface area (TPSA) is 86.8 Å². The number of halogens is 3. The Hall–Kier alpha value is -2.78. The summed E-state index contributed by atoms with van der Waals surface area (Å²) >= 11 is 19.2. The van der Waals surface area contributed by atoms with E-state index < -0.39 is 28.5 Å². The number of carbonyl (C=O) groups is 2. The number of benzene rings is 3. The molecule has 1 N–H and O–H groups in total. The molecule has 11 heteroatoms. The van der Waals surface area contributed by atoms with Gasteiger partial charge in [0.05, 0.1) is 11.9 Å². The fourth-order valence-electron chi connectivity index (χ4n) is 4.12. The van der Waals surface area contributed by atoms with E-state index in [1.807, 2.05) is 37.3 Å². The number of hydrogen-bond donors (Lipinski definition) is 1. The molecule has 2 amide bonds. The van der Waals surface area contributed by atoms with Crippen LogP contribution < -0.4 is 9.62 Å². The standard InChI is InChI=1S/C29H32Cl3N3O4S/c1-4-15-33-29(37)27(16-21-9-6-5-7-10-21)34(18-23-24(30)11-8-12-25(23)31)28(36)19-35(40(3,38)39)22-14-13-20(2)26(32)17-22/h5-14,17,27H,4,15-16,18-19H2,1-3H3,(H,33,37)/t27-/m0/s1. The quantitative estimate of drug-likeness (QED) is 0.272. The lowest BCUT2D eigenvalue weighted by atomic mass is 10.0. The summed E-state index contributed by atoms with van der Waals surface area (Å²) < 4.78 is 26.7. The van der Waals surface area contributed by atoms with Crippen LogP contribution in [0.4, 0.5) is 5.69 Å². The van der Waals surface area contributed by atoms with Gasteiger partial charge in [0.15, 0.2) is 0 Å². The number of aryl methyl sites for hydroxylation is 1. The van der Waals surface area contributed by atoms with Crippen LogP contribution in [0.2, 0.25) is 15.1 Å². The molecule has 0 saturated heterocycles. The highest BCUT2D eigenvalue weighted by molar-refractivity contribution is 7.92. The Morgan fingerprint density at radius 3 is 2.15 bits per heavy atom. The maximum atomic E-state index is 14.1. The molecule has 7 nitrogen and oxygen atoms in total. The first-order valence-corrected chi connectivity index (χ1v) is 15.7. The summed E-state index contributed by atoms with van der Waals surface area (Å²) in [5.74, 6) is -0.975. The minimum atomic E-state index is -3.91. The van der Waals surface area contributed by atoms with Gasteiger partial charge in [-0.15, -0.1) is 0 Å². The average molecular weight is 625 g/mol. The second-order valence-electron chi connectivity index (χ2n) is 9.42. The Balaban J connectivity index is 2.10. The van der Waals surface area contributed by atoms with Crippen LogP contribution in [0.3, 0.4) is 0 Å². The highest BCUT2D eigenvalue weighted by Gasteiger charge is 2.33. The molecular weight excluding hydrogens is 593 g/mol. The third-order valence-corrected chi connectivity index (χ3v) is 8.59. The van der Waals surface area contributed by atoms with Crippen molar-refractivity contribution in [3.8, 4) is 0 Å². The highest BCUT2D eigenvalue weighted by Crippen LogP contribution is 2.29. The second kappa shape index (κ2) is 14.2. The van der Waals surface area contributed by atoms with Crippen molar-refractivity contribution in [3.63, 3.8) is 0 Å². The van der Waals surface area contributed by atoms with Crippen LogP contribution in [-0.2, 0) is 32.6 Å². The van der Waals surface area contributed by atoms with E-state index in [0.29, 0.717) is 33.6 Å². The van der Waals surface area contributed by atoms with Gasteiger partial charge in [0, 0.05) is 40.1 Å². The first-order chi connectivity index (χ1) is 18.9. The minimum Gasteiger partial charge on any atom is -0.354 e. The molecule has 0 aliphatic rings. The highest BCUT2D eigenvalue weighted by atomic mass is 35.5. The normalized spacial score (nSPS) is 12.1. The molecule has 0 unspecified atom stereocenters. The van der Waals surface area contributed by atoms with E-state index in [2.05, 4.69) is 5.32 Å². The molecule has 0 spiro atoms. The lowest BCUT2D eigenvalue weighted by Gasteiger charge is -2.34. The third-order valence-electron chi connectivity index (χ3n) is 6.33. The van der Waals surface area contributed by atoms with E-state index >= 15 is 0 Å². The van der Waals surface area contributed by atoms with Crippen LogP contribution >= 0.6 is 34.8 Å². The van der Waals surface area contributed by atoms with Crippen molar-refractivity contribution in [2.24, 2.45) is 0 Å². The minimum absolute atomic E-state index is 0.110. The van der Waals surface area contributed by atoms with Crippen LogP contribution in [0, 0.1) is 6.92 Å². The Kier molecular flexibility index (Phi) is 11.3. The number of amides is 2. The van der Waals surface area contributed by atoms with Crippen LogP contribution in [0.15, 0.2) is 66.7 Å². The number of hydrogen-bond acceptors (Lipinski definition) is 4. The molecule has 3 rings (SSSR count). The van der Waals surface area contributed by atoms with Crippen molar-refractivity contribution in [2.45, 2.75) is 39.3 Å². The van der Waals surface area contributed by atoms with Gasteiger partial charge >= 0.3 is 0 Å². The summed E-state index contributed by atoms with van der Waals surface area (Å²) in [5.41, 5.74) is 2.27. The molecule has 3 aromatic carbocycles. The summed E-state index contributed by atoms with van der Waals surface area (Å²) in [6, 6.07) is 18.0. The molecule has 0 heterocycles. The molecular formula is C29H32Cl3N3O4S. The molecule has 40 heavy (non-hydrogen) atoms. The van der Waals surface area contributed by atoms with Crippen molar-refractivity contribution in [2.75, 3.05) is 23.7 Å². The third kappa shape index (κ3) is 8.36. The SMILES string of the molecule is CCCNC(=O)[C@H](Cc1ccccc1)N(Cc1c(Cl)cccc1Cl)C(=O)CN(c1ccc(C)c(Cl)c1)S(C)(=O)=O. The largest absolute Gasteiger partial charge is 0.354 e. The van der Waals surface area contributed by atoms with Gasteiger partial charge in [0.1, 0.15) is 12.6 Å². The Bertz CT molecular complexity index is 1430. The van der Waals surface area contributed by atoms with Gasteiger partial charge in [-0.2, -0.15) is 0 Å². The zero-order valence-corrected chi connectivity index (χ0v) is 25.6. The number of carbonyl (C=O) groups excluding carboxylic acids is 2. The summed E-state index contributed by atoms with van der Waals surface area (Å²) in [6.45, 7) is 3.46. The molecule has 214 valence electrons. The molecule has 0 aliphatic carbocycles. The van der Waals surface area contributed by atoms with Crippen molar-refractivity contribution in [1.82, 2.24) is 10.2 Å². The zero-order chi connectivity index (χ0) is 29.4. The summed E-state index contributed by atoms with van der Waals surface area (Å²) in [6.07, 6.45) is 1.91. The Morgan fingerprint density at radius 1 is 0.925 bits per heavy atom. The van der Waals surface area contributed by atoms with E-state index in [9.17, 15) is 18.0 Å². The van der Waals surface area contributed by atoms with Crippen molar-refractivity contribution in [3.05, 3.63) is 98.5 Å². The molecule has 1 atom stereocenters. The zero-order valence-electron chi connectivity index (χ0n) is 22.5. The average Bonchev–Trinajstić information content (AvgIpc) is 2.90. The number of anilines is 1. The summed E-state index contributed by atoms with van der Waals surface area (Å²) in [7, 11) is -3.91. The molecule has 0 bridgehead atoms. The predicted octanol–water partition coefficient (Wildman–Crippen LogP) is 5.89. The lowest BCUT2D eigenvalue weighted by Crippen LogP contribution is -2.53. The fourth-order valence-corrected chi connectivity index (χ4v) is 5.66. The van der Waals surface area contributed by atoms with E-state index in [1.165, 1.54) is 11.0 Å². The predicted molar refractivity (Wildman–Crippen MR) is 163 cm³/mol. The fraction of sp³-hybridized carbons (Fsp3) is 0.310. The van der Waals surface area contributed by atoms with E-state index in [4.69, 9.17) is 34.8 Å². The number of nitrogens with zero attached hydrogens (tertiary/aromatic N) is 2. The first-order valence-electron chi connectivity index (χ1n) is 12.7. The Labute approximate surface area is 251 Å². The van der Waals surface area contributed by atoms with E-state index in [-0.39, 0.29) is 24.6 Å². The molecule has 0 radical (unpaired) electrons. The van der Waals surface area contributed by atoms with Crippen LogP contribution in [0.25, 0.3) is 0 Å². The van der Waals surface area contributed by atoms with Crippen molar-refractivity contribution >= 4 is 62.3 Å². The van der Waals surface area contributed by atoms with Crippen LogP contribution in [-0.4, -0.2) is 50.5 Å². The first kappa shape index (κ1) is 31.7. The smallest absolute Gasteiger partial charge is 0.244 e. The summed E-state index contributed by atoms with van der Waals surface area (Å²) in [4.78, 5) is 29.0. The van der Waals surface area contributed by atoms with Gasteiger partial charge in [-0.1, -0.05) is 84.2 Å². The Morgan fingerprint density at radius 2 is 1.57 bits per heavy atom. The lowest BCUT2D eigenvalue weighted by molar-refractivity contribution is -0.140. The van der Waals surface area contributed by atoms with Crippen molar-refractivity contribution in [1.29, 1.82) is 0 Å². The van der Waals surface area contributed by atoms with Gasteiger partial charge < -0.3 is 10.2 Å². The molecule has 0 aromatic heterocycles. The molecule has 0 aliphatic heterocycles. The monoisotopic (exact) mass is 623 g/mol. The van der Waals surface area contributed by atoms with Gasteiger partial charge in [-0.25, -0.2) is 8.42 Å². The molecule has 0 saturated carbocycles. The maximum Gasteiger partial charge on any atom is 0.244 e. The van der Waals surface area contributed by atoms with Gasteiger partial charge in [0.25, 0.3) is 0 Å². The number of sulfonamides is 1. The van der Waals surface area contributed by atoms with Crippen molar-refractivity contribution < 1.29 is 18.0 Å². The van der Waals surface area contributed by atoms with Gasteiger partial charge in [-0.05, 0) is 48.7 Å². The number of rotatable bonds is 12. The maximum absolute atomic E-state index is 14.1. The second-order valence-corrected chi connectivity index (χ2v) is 12.5. The van der Waals surface area contributed by atoms with E-state index in [0.717, 1.165) is 21.7 Å². The van der Waals surface area contributed by atoms with Gasteiger partial charge in [-0.3, -0.25) is 13.9 Å². The van der Waals surface area contributed by atoms with Gasteiger partial charge in [0.2, 0.25) is 21.8 Å². The molecule has 0 fully saturated rings.